The maximum absolute atomic E-state index is 12.6. The van der Waals surface area contributed by atoms with E-state index in [0.717, 1.165) is 32.1 Å². The number of phosphoric ester groups is 1. The van der Waals surface area contributed by atoms with Crippen molar-refractivity contribution in [2.45, 2.75) is 232 Å². The third-order valence-corrected chi connectivity index (χ3v) is 10.9. The quantitative estimate of drug-likeness (QED) is 0.0268. The van der Waals surface area contributed by atoms with Crippen LogP contribution in [-0.2, 0) is 32.7 Å². The number of allylic oxidation sites excluding steroid dienone is 2. The van der Waals surface area contributed by atoms with Crippen LogP contribution in [0.5, 0.6) is 0 Å². The van der Waals surface area contributed by atoms with Gasteiger partial charge in [-0.25, -0.2) is 4.57 Å². The summed E-state index contributed by atoms with van der Waals surface area (Å²) in [4.78, 5) is 34.9. The summed E-state index contributed by atoms with van der Waals surface area (Å²) in [5, 5.41) is 0. The van der Waals surface area contributed by atoms with Gasteiger partial charge in [-0.2, -0.15) is 0 Å². The van der Waals surface area contributed by atoms with E-state index in [4.69, 9.17) is 24.3 Å². The fourth-order valence-corrected chi connectivity index (χ4v) is 7.28. The van der Waals surface area contributed by atoms with Gasteiger partial charge in [-0.05, 0) is 38.5 Å². The Balaban J connectivity index is 4.05. The second kappa shape index (κ2) is 41.4. The molecule has 0 aromatic rings. The van der Waals surface area contributed by atoms with E-state index in [1.165, 1.54) is 161 Å². The lowest BCUT2D eigenvalue weighted by Crippen LogP contribution is -2.29. The molecule has 0 saturated heterocycles. The molecule has 0 rings (SSSR count). The van der Waals surface area contributed by atoms with Crippen LogP contribution in [-0.4, -0.2) is 49.3 Å². The molecule has 0 aromatic carbocycles. The highest BCUT2D eigenvalue weighted by Crippen LogP contribution is 2.43. The van der Waals surface area contributed by atoms with Crippen molar-refractivity contribution in [2.24, 2.45) is 5.73 Å². The third-order valence-electron chi connectivity index (χ3n) is 9.90. The average Bonchev–Trinajstić information content (AvgIpc) is 3.16. The second-order valence-electron chi connectivity index (χ2n) is 15.3. The van der Waals surface area contributed by atoms with Gasteiger partial charge in [-0.1, -0.05) is 187 Å². The number of rotatable bonds is 43. The van der Waals surface area contributed by atoms with Gasteiger partial charge in [0.25, 0.3) is 0 Å². The van der Waals surface area contributed by atoms with Crippen LogP contribution >= 0.6 is 7.82 Å². The molecule has 0 saturated carbocycles. The zero-order chi connectivity index (χ0) is 39.6. The summed E-state index contributed by atoms with van der Waals surface area (Å²) in [6, 6.07) is 0. The molecular formula is C44H86NO8P. The van der Waals surface area contributed by atoms with E-state index in [-0.39, 0.29) is 38.6 Å². The lowest BCUT2D eigenvalue weighted by atomic mass is 10.0. The minimum Gasteiger partial charge on any atom is -0.462 e. The lowest BCUT2D eigenvalue weighted by molar-refractivity contribution is -0.161. The molecule has 0 amide bonds. The van der Waals surface area contributed by atoms with E-state index >= 15 is 0 Å². The van der Waals surface area contributed by atoms with E-state index in [0.29, 0.717) is 6.42 Å². The van der Waals surface area contributed by atoms with Gasteiger partial charge < -0.3 is 20.1 Å². The lowest BCUT2D eigenvalue weighted by Gasteiger charge is -2.19. The largest absolute Gasteiger partial charge is 0.472 e. The standard InChI is InChI=1S/C44H86NO8P/c1-3-5-7-9-11-13-15-17-18-19-20-21-22-23-24-25-27-29-31-33-35-37-44(47)53-42(41-52-54(48,49)51-39-38-45)40-50-43(46)36-34-32-30-28-26-16-14-12-10-8-6-4-2/h17-18,42H,3-16,19-41,45H2,1-2H3,(H,48,49)/b18-17-/t42-/m1/s1. The molecule has 0 bridgehead atoms. The third kappa shape index (κ3) is 40.4. The fourth-order valence-electron chi connectivity index (χ4n) is 6.51. The smallest absolute Gasteiger partial charge is 0.462 e. The molecule has 1 unspecified atom stereocenters. The van der Waals surface area contributed by atoms with Crippen LogP contribution in [0.3, 0.4) is 0 Å². The number of carbonyl (C=O) groups is 2. The SMILES string of the molecule is CCCCCCCC/C=C\CCCCCCCCCCCCCC(=O)O[C@H](COC(=O)CCCCCCCCCCCCCC)COP(=O)(O)OCCN. The molecule has 10 heteroatoms. The van der Waals surface area contributed by atoms with E-state index in [1.54, 1.807) is 0 Å². The van der Waals surface area contributed by atoms with E-state index in [2.05, 4.69) is 26.0 Å². The highest BCUT2D eigenvalue weighted by atomic mass is 31.2. The van der Waals surface area contributed by atoms with Crippen LogP contribution in [0.25, 0.3) is 0 Å². The first kappa shape index (κ1) is 52.8. The van der Waals surface area contributed by atoms with Gasteiger partial charge in [0, 0.05) is 19.4 Å². The molecule has 54 heavy (non-hydrogen) atoms. The summed E-state index contributed by atoms with van der Waals surface area (Å²) in [5.74, 6) is -0.819. The molecule has 9 nitrogen and oxygen atoms in total. The number of nitrogens with two attached hydrogens (primary N) is 1. The summed E-state index contributed by atoms with van der Waals surface area (Å²) in [7, 11) is -4.37. The average molecular weight is 788 g/mol. The molecule has 3 N–H and O–H groups in total. The molecule has 0 radical (unpaired) electrons. The summed E-state index contributed by atoms with van der Waals surface area (Å²) >= 11 is 0. The van der Waals surface area contributed by atoms with Gasteiger partial charge in [-0.15, -0.1) is 0 Å². The molecule has 0 aliphatic heterocycles. The van der Waals surface area contributed by atoms with Crippen LogP contribution in [0.1, 0.15) is 226 Å². The van der Waals surface area contributed by atoms with Crippen molar-refractivity contribution in [1.29, 1.82) is 0 Å². The first-order valence-corrected chi connectivity index (χ1v) is 24.2. The molecule has 0 heterocycles. The predicted molar refractivity (Wildman–Crippen MR) is 224 cm³/mol. The highest BCUT2D eigenvalue weighted by molar-refractivity contribution is 7.47. The second-order valence-corrected chi connectivity index (χ2v) is 16.7. The monoisotopic (exact) mass is 788 g/mol. The number of ether oxygens (including phenoxy) is 2. The number of hydrogen-bond acceptors (Lipinski definition) is 8. The van der Waals surface area contributed by atoms with Crippen LogP contribution in [0.2, 0.25) is 0 Å². The first-order chi connectivity index (χ1) is 26.3. The maximum Gasteiger partial charge on any atom is 0.472 e. The molecular weight excluding hydrogens is 701 g/mol. The minimum absolute atomic E-state index is 0.0563. The Morgan fingerprint density at radius 3 is 1.31 bits per heavy atom. The minimum atomic E-state index is -4.37. The van der Waals surface area contributed by atoms with Gasteiger partial charge in [0.05, 0.1) is 13.2 Å². The molecule has 0 aromatic heterocycles. The van der Waals surface area contributed by atoms with E-state index < -0.39 is 26.5 Å². The number of carbonyl (C=O) groups excluding carboxylic acids is 2. The normalized spacial score (nSPS) is 13.3. The van der Waals surface area contributed by atoms with Gasteiger partial charge >= 0.3 is 19.8 Å². The van der Waals surface area contributed by atoms with Gasteiger partial charge in [0.1, 0.15) is 6.61 Å². The molecule has 0 aliphatic rings. The van der Waals surface area contributed by atoms with Crippen molar-refractivity contribution in [1.82, 2.24) is 0 Å². The number of phosphoric acid groups is 1. The van der Waals surface area contributed by atoms with Crippen molar-refractivity contribution in [3.05, 3.63) is 12.2 Å². The van der Waals surface area contributed by atoms with Crippen molar-refractivity contribution in [3.8, 4) is 0 Å². The molecule has 0 spiro atoms. The predicted octanol–water partition coefficient (Wildman–Crippen LogP) is 13.0. The zero-order valence-corrected chi connectivity index (χ0v) is 36.1. The van der Waals surface area contributed by atoms with Crippen LogP contribution in [0.15, 0.2) is 12.2 Å². The van der Waals surface area contributed by atoms with Gasteiger partial charge in [0.2, 0.25) is 0 Å². The van der Waals surface area contributed by atoms with Gasteiger partial charge in [-0.3, -0.25) is 18.6 Å². The maximum atomic E-state index is 12.6. The number of unbranched alkanes of at least 4 members (excludes halogenated alkanes) is 28. The van der Waals surface area contributed by atoms with Crippen LogP contribution in [0, 0.1) is 0 Å². The summed E-state index contributed by atoms with van der Waals surface area (Å²) in [5.41, 5.74) is 5.35. The van der Waals surface area contributed by atoms with E-state index in [1.807, 2.05) is 0 Å². The zero-order valence-electron chi connectivity index (χ0n) is 35.2. The van der Waals surface area contributed by atoms with Crippen LogP contribution in [0.4, 0.5) is 0 Å². The summed E-state index contributed by atoms with van der Waals surface area (Å²) in [6.07, 6.45) is 42.4. The fraction of sp³-hybridized carbons (Fsp3) is 0.909. The van der Waals surface area contributed by atoms with Crippen molar-refractivity contribution in [3.63, 3.8) is 0 Å². The summed E-state index contributed by atoms with van der Waals surface area (Å²) < 4.78 is 32.8. The number of hydrogen-bond donors (Lipinski definition) is 2. The van der Waals surface area contributed by atoms with Gasteiger partial charge in [0.15, 0.2) is 6.10 Å². The Hall–Kier alpha value is -1.25. The molecule has 0 fully saturated rings. The Labute approximate surface area is 332 Å². The Morgan fingerprint density at radius 2 is 0.907 bits per heavy atom. The Morgan fingerprint density at radius 1 is 0.537 bits per heavy atom. The molecule has 2 atom stereocenters. The topological polar surface area (TPSA) is 134 Å². The Bertz CT molecular complexity index is 902. The molecule has 0 aliphatic carbocycles. The Kier molecular flexibility index (Phi) is 40.4. The van der Waals surface area contributed by atoms with Crippen molar-refractivity contribution >= 4 is 19.8 Å². The summed E-state index contributed by atoms with van der Waals surface area (Å²) in [6.45, 7) is 3.75. The highest BCUT2D eigenvalue weighted by Gasteiger charge is 2.26. The molecule has 320 valence electrons. The van der Waals surface area contributed by atoms with E-state index in [9.17, 15) is 19.0 Å². The van der Waals surface area contributed by atoms with Crippen molar-refractivity contribution < 1.29 is 37.6 Å². The van der Waals surface area contributed by atoms with Crippen molar-refractivity contribution in [2.75, 3.05) is 26.4 Å². The van der Waals surface area contributed by atoms with Crippen LogP contribution < -0.4 is 5.73 Å². The first-order valence-electron chi connectivity index (χ1n) is 22.7. The number of esters is 2.